The summed E-state index contributed by atoms with van der Waals surface area (Å²) >= 11 is 0. The van der Waals surface area contributed by atoms with Gasteiger partial charge in [-0.15, -0.1) is 0 Å². The Morgan fingerprint density at radius 3 is 1.83 bits per heavy atom. The van der Waals surface area contributed by atoms with Gasteiger partial charge >= 0.3 is 5.97 Å². The predicted molar refractivity (Wildman–Crippen MR) is 141 cm³/mol. The molecule has 0 atom stereocenters. The lowest BCUT2D eigenvalue weighted by Crippen LogP contribution is -2.41. The van der Waals surface area contributed by atoms with Crippen LogP contribution in [0, 0.1) is 17.6 Å². The molecule has 0 unspecified atom stereocenters. The summed E-state index contributed by atoms with van der Waals surface area (Å²) in [5.41, 5.74) is -0.260. The van der Waals surface area contributed by atoms with Gasteiger partial charge in [-0.25, -0.2) is 8.78 Å². The minimum atomic E-state index is -0.730. The van der Waals surface area contributed by atoms with Gasteiger partial charge in [0.25, 0.3) is 5.91 Å². The molecule has 204 valence electrons. The quantitative estimate of drug-likeness (QED) is 0.148. The van der Waals surface area contributed by atoms with Gasteiger partial charge in [-0.3, -0.25) is 9.59 Å². The molecule has 1 aromatic carbocycles. The van der Waals surface area contributed by atoms with Gasteiger partial charge in [0, 0.05) is 13.1 Å². The summed E-state index contributed by atoms with van der Waals surface area (Å²) in [5.74, 6) is -2.34. The van der Waals surface area contributed by atoms with Crippen LogP contribution in [0.15, 0.2) is 18.2 Å². The van der Waals surface area contributed by atoms with E-state index in [0.29, 0.717) is 32.5 Å². The largest absolute Gasteiger partial charge is 0.465 e. The van der Waals surface area contributed by atoms with Gasteiger partial charge in [-0.1, -0.05) is 96.8 Å². The molecule has 0 aliphatic carbocycles. The number of unbranched alkanes of at least 4 members (excludes halogenated alkanes) is 14. The van der Waals surface area contributed by atoms with Crippen LogP contribution in [0.2, 0.25) is 0 Å². The van der Waals surface area contributed by atoms with Crippen molar-refractivity contribution in [2.24, 2.45) is 5.92 Å². The summed E-state index contributed by atoms with van der Waals surface area (Å²) in [7, 11) is 0. The number of halogens is 2. The number of ether oxygens (including phenoxy) is 1. The molecule has 0 bridgehead atoms. The van der Waals surface area contributed by atoms with Crippen LogP contribution >= 0.6 is 0 Å². The van der Waals surface area contributed by atoms with Crippen molar-refractivity contribution in [3.63, 3.8) is 0 Å². The summed E-state index contributed by atoms with van der Waals surface area (Å²) in [6.45, 7) is 3.39. The first-order valence-electron chi connectivity index (χ1n) is 14.4. The van der Waals surface area contributed by atoms with Crippen LogP contribution < -0.4 is 0 Å². The van der Waals surface area contributed by atoms with Crippen molar-refractivity contribution in [3.8, 4) is 0 Å². The maximum atomic E-state index is 13.9. The maximum Gasteiger partial charge on any atom is 0.309 e. The lowest BCUT2D eigenvalue weighted by molar-refractivity contribution is -0.150. The predicted octanol–water partition coefficient (Wildman–Crippen LogP) is 8.23. The molecule has 1 heterocycles. The Balaban J connectivity index is 1.43. The normalized spacial score (nSPS) is 14.2. The molecule has 0 spiro atoms. The van der Waals surface area contributed by atoms with Crippen LogP contribution in [-0.4, -0.2) is 36.5 Å². The molecule has 1 aliphatic heterocycles. The van der Waals surface area contributed by atoms with E-state index in [9.17, 15) is 18.4 Å². The monoisotopic (exact) mass is 507 g/mol. The van der Waals surface area contributed by atoms with E-state index in [2.05, 4.69) is 6.92 Å². The van der Waals surface area contributed by atoms with E-state index >= 15 is 0 Å². The van der Waals surface area contributed by atoms with E-state index in [1.807, 2.05) is 0 Å². The molecule has 1 aliphatic rings. The fraction of sp³-hybridized carbons (Fsp3) is 0.733. The zero-order valence-corrected chi connectivity index (χ0v) is 22.4. The first kappa shape index (κ1) is 30.2. The molecule has 0 N–H and O–H groups in total. The zero-order chi connectivity index (χ0) is 26.0. The summed E-state index contributed by atoms with van der Waals surface area (Å²) in [6.07, 6.45) is 20.4. The molecule has 0 saturated carbocycles. The number of carbonyl (C=O) groups is 2. The van der Waals surface area contributed by atoms with Crippen LogP contribution in [0.1, 0.15) is 126 Å². The second kappa shape index (κ2) is 18.3. The Morgan fingerprint density at radius 2 is 1.31 bits per heavy atom. The highest BCUT2D eigenvalue weighted by molar-refractivity contribution is 5.94. The van der Waals surface area contributed by atoms with E-state index in [1.165, 1.54) is 88.4 Å². The molecule has 2 rings (SSSR count). The molecular weight excluding hydrogens is 460 g/mol. The van der Waals surface area contributed by atoms with Gasteiger partial charge < -0.3 is 9.64 Å². The zero-order valence-electron chi connectivity index (χ0n) is 22.4. The summed E-state index contributed by atoms with van der Waals surface area (Å²) in [6, 6.07) is 2.88. The number of esters is 1. The molecule has 6 heteroatoms. The van der Waals surface area contributed by atoms with E-state index in [1.54, 1.807) is 0 Å². The second-order valence-corrected chi connectivity index (χ2v) is 10.3. The molecule has 1 aromatic rings. The van der Waals surface area contributed by atoms with Crippen molar-refractivity contribution in [1.82, 2.24) is 4.90 Å². The summed E-state index contributed by atoms with van der Waals surface area (Å²) in [4.78, 5) is 26.3. The van der Waals surface area contributed by atoms with Crippen molar-refractivity contribution >= 4 is 11.9 Å². The molecule has 36 heavy (non-hydrogen) atoms. The fourth-order valence-corrected chi connectivity index (χ4v) is 4.91. The minimum absolute atomic E-state index is 0.204. The Kier molecular flexibility index (Phi) is 15.4. The van der Waals surface area contributed by atoms with Gasteiger partial charge in [0.05, 0.1) is 18.1 Å². The van der Waals surface area contributed by atoms with Crippen molar-refractivity contribution in [2.45, 2.75) is 116 Å². The first-order valence-corrected chi connectivity index (χ1v) is 14.4. The highest BCUT2D eigenvalue weighted by Gasteiger charge is 2.29. The lowest BCUT2D eigenvalue weighted by Gasteiger charge is -2.31. The highest BCUT2D eigenvalue weighted by Crippen LogP contribution is 2.22. The average Bonchev–Trinajstić information content (AvgIpc) is 2.89. The first-order chi connectivity index (χ1) is 17.5. The number of hydrogen-bond acceptors (Lipinski definition) is 3. The number of likely N-dealkylation sites (tertiary alicyclic amines) is 1. The smallest absolute Gasteiger partial charge is 0.309 e. The fourth-order valence-electron chi connectivity index (χ4n) is 4.91. The Labute approximate surface area is 217 Å². The van der Waals surface area contributed by atoms with Crippen LogP contribution in [0.25, 0.3) is 0 Å². The molecule has 1 amide bonds. The second-order valence-electron chi connectivity index (χ2n) is 10.3. The van der Waals surface area contributed by atoms with Crippen molar-refractivity contribution in [2.75, 3.05) is 19.7 Å². The van der Waals surface area contributed by atoms with E-state index in [-0.39, 0.29) is 17.5 Å². The number of piperidine rings is 1. The number of nitrogens with zero attached hydrogens (tertiary/aromatic N) is 1. The minimum Gasteiger partial charge on any atom is -0.465 e. The standard InChI is InChI=1S/C30H47F2NO3/c1-2-3-4-5-6-7-8-9-10-11-12-13-14-15-16-23-36-30(35)25-19-21-33(22-20-25)29(34)27-24-26(31)17-18-28(27)32/h17-18,24-25H,2-16,19-23H2,1H3. The summed E-state index contributed by atoms with van der Waals surface area (Å²) < 4.78 is 32.7. The number of hydrogen-bond donors (Lipinski definition) is 0. The summed E-state index contributed by atoms with van der Waals surface area (Å²) in [5, 5.41) is 0. The molecular formula is C30H47F2NO3. The lowest BCUT2D eigenvalue weighted by atomic mass is 9.96. The average molecular weight is 508 g/mol. The molecule has 1 fully saturated rings. The third-order valence-electron chi connectivity index (χ3n) is 7.27. The Morgan fingerprint density at radius 1 is 0.806 bits per heavy atom. The van der Waals surface area contributed by atoms with Crippen molar-refractivity contribution in [1.29, 1.82) is 0 Å². The van der Waals surface area contributed by atoms with Gasteiger partial charge in [0.2, 0.25) is 0 Å². The Hall–Kier alpha value is -1.98. The van der Waals surface area contributed by atoms with Crippen LogP contribution in [0.3, 0.4) is 0 Å². The van der Waals surface area contributed by atoms with E-state index in [4.69, 9.17) is 4.74 Å². The highest BCUT2D eigenvalue weighted by atomic mass is 19.1. The number of carbonyl (C=O) groups excluding carboxylic acids is 2. The maximum absolute atomic E-state index is 13.9. The molecule has 1 saturated heterocycles. The van der Waals surface area contributed by atoms with Crippen molar-refractivity contribution < 1.29 is 23.1 Å². The molecule has 0 radical (unpaired) electrons. The van der Waals surface area contributed by atoms with E-state index < -0.39 is 17.5 Å². The number of amides is 1. The molecule has 4 nitrogen and oxygen atoms in total. The van der Waals surface area contributed by atoms with Gasteiger partial charge in [-0.05, 0) is 37.5 Å². The SMILES string of the molecule is CCCCCCCCCCCCCCCCCOC(=O)C1CCN(C(=O)c2cc(F)ccc2F)CC1. The van der Waals surface area contributed by atoms with Crippen LogP contribution in [0.5, 0.6) is 0 Å². The topological polar surface area (TPSA) is 46.6 Å². The third-order valence-corrected chi connectivity index (χ3v) is 7.27. The van der Waals surface area contributed by atoms with Crippen LogP contribution in [0.4, 0.5) is 8.78 Å². The van der Waals surface area contributed by atoms with E-state index in [0.717, 1.165) is 31.0 Å². The van der Waals surface area contributed by atoms with Gasteiger partial charge in [0.15, 0.2) is 0 Å². The molecule has 0 aromatic heterocycles. The van der Waals surface area contributed by atoms with Crippen molar-refractivity contribution in [3.05, 3.63) is 35.4 Å². The Bertz CT molecular complexity index is 763. The third kappa shape index (κ3) is 11.8. The number of rotatable bonds is 18. The van der Waals surface area contributed by atoms with Crippen LogP contribution in [-0.2, 0) is 9.53 Å². The van der Waals surface area contributed by atoms with Gasteiger partial charge in [-0.2, -0.15) is 0 Å². The van der Waals surface area contributed by atoms with Gasteiger partial charge in [0.1, 0.15) is 11.6 Å². The number of benzene rings is 1.